The van der Waals surface area contributed by atoms with Crippen molar-refractivity contribution in [2.45, 2.75) is 25.3 Å². The van der Waals surface area contributed by atoms with Crippen molar-refractivity contribution in [2.24, 2.45) is 11.7 Å². The molecule has 1 heterocycles. The van der Waals surface area contributed by atoms with Gasteiger partial charge in [0.05, 0.1) is 6.61 Å². The Hall–Kier alpha value is -0.120. The van der Waals surface area contributed by atoms with Gasteiger partial charge in [0.25, 0.3) is 0 Å². The van der Waals surface area contributed by atoms with Crippen LogP contribution in [-0.2, 0) is 9.47 Å². The topological polar surface area (TPSA) is 44.5 Å². The van der Waals surface area contributed by atoms with Gasteiger partial charge < -0.3 is 15.2 Å². The standard InChI is InChI=1S/C9H19NO2/c1-8(3-5-11-2)9(10)4-6-12-7-9/h8H,3-7,10H2,1-2H3. The molecule has 0 amide bonds. The maximum Gasteiger partial charge on any atom is 0.0649 e. The number of methoxy groups -OCH3 is 1. The minimum atomic E-state index is -0.0987. The highest BCUT2D eigenvalue weighted by Crippen LogP contribution is 2.26. The Morgan fingerprint density at radius 2 is 2.42 bits per heavy atom. The molecule has 12 heavy (non-hydrogen) atoms. The Morgan fingerprint density at radius 1 is 1.67 bits per heavy atom. The first kappa shape index (κ1) is 9.96. The van der Waals surface area contributed by atoms with Crippen LogP contribution in [0, 0.1) is 5.92 Å². The maximum atomic E-state index is 6.16. The Kier molecular flexibility index (Phi) is 3.50. The van der Waals surface area contributed by atoms with Crippen LogP contribution >= 0.6 is 0 Å². The quantitative estimate of drug-likeness (QED) is 0.683. The second kappa shape index (κ2) is 4.21. The van der Waals surface area contributed by atoms with Crippen LogP contribution in [0.5, 0.6) is 0 Å². The summed E-state index contributed by atoms with van der Waals surface area (Å²) in [6, 6.07) is 0. The van der Waals surface area contributed by atoms with Crippen LogP contribution < -0.4 is 5.73 Å². The van der Waals surface area contributed by atoms with Gasteiger partial charge in [-0.3, -0.25) is 0 Å². The van der Waals surface area contributed by atoms with Gasteiger partial charge in [-0.25, -0.2) is 0 Å². The van der Waals surface area contributed by atoms with E-state index in [-0.39, 0.29) is 5.54 Å². The number of nitrogens with two attached hydrogens (primary N) is 1. The highest BCUT2D eigenvalue weighted by atomic mass is 16.5. The van der Waals surface area contributed by atoms with E-state index in [0.29, 0.717) is 12.5 Å². The molecule has 0 aliphatic carbocycles. The second-order valence-electron chi connectivity index (χ2n) is 3.72. The summed E-state index contributed by atoms with van der Waals surface area (Å²) in [6.07, 6.45) is 2.01. The van der Waals surface area contributed by atoms with E-state index >= 15 is 0 Å². The van der Waals surface area contributed by atoms with Crippen molar-refractivity contribution < 1.29 is 9.47 Å². The molecule has 3 nitrogen and oxygen atoms in total. The van der Waals surface area contributed by atoms with Crippen LogP contribution in [0.25, 0.3) is 0 Å². The smallest absolute Gasteiger partial charge is 0.0649 e. The molecule has 1 aliphatic rings. The summed E-state index contributed by atoms with van der Waals surface area (Å²) >= 11 is 0. The molecule has 2 atom stereocenters. The zero-order valence-electron chi connectivity index (χ0n) is 8.01. The first-order valence-corrected chi connectivity index (χ1v) is 4.54. The fourth-order valence-corrected chi connectivity index (χ4v) is 1.57. The molecule has 3 heteroatoms. The molecule has 1 saturated heterocycles. The second-order valence-corrected chi connectivity index (χ2v) is 3.72. The normalized spacial score (nSPS) is 32.2. The van der Waals surface area contributed by atoms with Crippen molar-refractivity contribution in [3.8, 4) is 0 Å². The summed E-state index contributed by atoms with van der Waals surface area (Å²) in [5.74, 6) is 0.486. The van der Waals surface area contributed by atoms with Gasteiger partial charge in [-0.1, -0.05) is 6.92 Å². The third kappa shape index (κ3) is 2.19. The van der Waals surface area contributed by atoms with Crippen molar-refractivity contribution in [1.29, 1.82) is 0 Å². The van der Waals surface area contributed by atoms with Crippen molar-refractivity contribution >= 4 is 0 Å². The maximum absolute atomic E-state index is 6.16. The Morgan fingerprint density at radius 3 is 2.92 bits per heavy atom. The van der Waals surface area contributed by atoms with Gasteiger partial charge >= 0.3 is 0 Å². The van der Waals surface area contributed by atoms with Gasteiger partial charge in [-0.2, -0.15) is 0 Å². The third-order valence-corrected chi connectivity index (χ3v) is 2.82. The highest BCUT2D eigenvalue weighted by molar-refractivity contribution is 4.92. The summed E-state index contributed by atoms with van der Waals surface area (Å²) in [4.78, 5) is 0. The van der Waals surface area contributed by atoms with Crippen LogP contribution in [0.4, 0.5) is 0 Å². The van der Waals surface area contributed by atoms with E-state index in [0.717, 1.165) is 26.1 Å². The van der Waals surface area contributed by atoms with Gasteiger partial charge in [0.15, 0.2) is 0 Å². The molecular formula is C9H19NO2. The SMILES string of the molecule is COCCC(C)C1(N)CCOC1. The zero-order chi connectivity index (χ0) is 9.03. The van der Waals surface area contributed by atoms with Crippen LogP contribution in [0.1, 0.15) is 19.8 Å². The van der Waals surface area contributed by atoms with E-state index in [4.69, 9.17) is 15.2 Å². The molecule has 0 aromatic carbocycles. The Balaban J connectivity index is 2.33. The summed E-state index contributed by atoms with van der Waals surface area (Å²) in [5, 5.41) is 0. The third-order valence-electron chi connectivity index (χ3n) is 2.82. The summed E-state index contributed by atoms with van der Waals surface area (Å²) in [7, 11) is 1.72. The monoisotopic (exact) mass is 173 g/mol. The fraction of sp³-hybridized carbons (Fsp3) is 1.00. The molecule has 0 bridgehead atoms. The fourth-order valence-electron chi connectivity index (χ4n) is 1.57. The lowest BCUT2D eigenvalue weighted by molar-refractivity contribution is 0.132. The largest absolute Gasteiger partial charge is 0.385 e. The van der Waals surface area contributed by atoms with E-state index in [9.17, 15) is 0 Å². The van der Waals surface area contributed by atoms with Crippen molar-refractivity contribution in [2.75, 3.05) is 26.9 Å². The van der Waals surface area contributed by atoms with Gasteiger partial charge in [-0.15, -0.1) is 0 Å². The van der Waals surface area contributed by atoms with Gasteiger partial charge in [0, 0.05) is 25.9 Å². The minimum absolute atomic E-state index is 0.0987. The molecule has 0 aromatic heterocycles. The molecule has 2 unspecified atom stereocenters. The molecule has 2 N–H and O–H groups in total. The Bertz CT molecular complexity index is 132. The first-order valence-electron chi connectivity index (χ1n) is 4.54. The molecule has 0 radical (unpaired) electrons. The average Bonchev–Trinajstić information content (AvgIpc) is 2.49. The number of hydrogen-bond donors (Lipinski definition) is 1. The van der Waals surface area contributed by atoms with E-state index < -0.39 is 0 Å². The summed E-state index contributed by atoms with van der Waals surface area (Å²) in [5.41, 5.74) is 6.06. The van der Waals surface area contributed by atoms with Crippen molar-refractivity contribution in [1.82, 2.24) is 0 Å². The summed E-state index contributed by atoms with van der Waals surface area (Å²) < 4.78 is 10.3. The lowest BCUT2D eigenvalue weighted by Gasteiger charge is -2.29. The van der Waals surface area contributed by atoms with Gasteiger partial charge in [0.1, 0.15) is 0 Å². The average molecular weight is 173 g/mol. The lowest BCUT2D eigenvalue weighted by Crippen LogP contribution is -2.47. The molecule has 1 rings (SSSR count). The van der Waals surface area contributed by atoms with Gasteiger partial charge in [-0.05, 0) is 18.8 Å². The number of rotatable bonds is 4. The minimum Gasteiger partial charge on any atom is -0.385 e. The lowest BCUT2D eigenvalue weighted by atomic mass is 9.83. The van der Waals surface area contributed by atoms with Crippen LogP contribution in [-0.4, -0.2) is 32.5 Å². The number of hydrogen-bond acceptors (Lipinski definition) is 3. The van der Waals surface area contributed by atoms with Crippen LogP contribution in [0.15, 0.2) is 0 Å². The molecule has 1 aliphatic heterocycles. The predicted molar refractivity (Wildman–Crippen MR) is 48.0 cm³/mol. The van der Waals surface area contributed by atoms with E-state index in [1.54, 1.807) is 7.11 Å². The first-order chi connectivity index (χ1) is 5.69. The zero-order valence-corrected chi connectivity index (χ0v) is 8.01. The van der Waals surface area contributed by atoms with Crippen molar-refractivity contribution in [3.05, 3.63) is 0 Å². The number of ether oxygens (including phenoxy) is 2. The molecule has 0 spiro atoms. The highest BCUT2D eigenvalue weighted by Gasteiger charge is 2.35. The van der Waals surface area contributed by atoms with Crippen LogP contribution in [0.3, 0.4) is 0 Å². The Labute approximate surface area is 74.2 Å². The van der Waals surface area contributed by atoms with Crippen molar-refractivity contribution in [3.63, 3.8) is 0 Å². The van der Waals surface area contributed by atoms with E-state index in [2.05, 4.69) is 6.92 Å². The molecule has 72 valence electrons. The molecule has 0 saturated carbocycles. The predicted octanol–water partition coefficient (Wildman–Crippen LogP) is 0.777. The van der Waals surface area contributed by atoms with Crippen LogP contribution in [0.2, 0.25) is 0 Å². The summed E-state index contributed by atoms with van der Waals surface area (Å²) in [6.45, 7) is 4.49. The molecular weight excluding hydrogens is 154 g/mol. The van der Waals surface area contributed by atoms with Gasteiger partial charge in [0.2, 0.25) is 0 Å². The van der Waals surface area contributed by atoms with E-state index in [1.807, 2.05) is 0 Å². The van der Waals surface area contributed by atoms with E-state index in [1.165, 1.54) is 0 Å². The molecule has 0 aromatic rings. The molecule has 1 fully saturated rings.